The van der Waals surface area contributed by atoms with E-state index in [1.54, 1.807) is 0 Å². The number of nitrogens with one attached hydrogen (secondary N) is 1. The van der Waals surface area contributed by atoms with Gasteiger partial charge in [0.05, 0.1) is 0 Å². The fraction of sp³-hybridized carbons (Fsp3) is 0.333. The molecule has 0 heterocycles. The largest absolute Gasteiger partial charge is 0.396 e. The van der Waals surface area contributed by atoms with Crippen LogP contribution in [-0.2, 0) is 6.42 Å². The van der Waals surface area contributed by atoms with Gasteiger partial charge in [0.25, 0.3) is 0 Å². The van der Waals surface area contributed by atoms with E-state index in [9.17, 15) is 5.11 Å². The summed E-state index contributed by atoms with van der Waals surface area (Å²) in [5.74, 6) is 0. The summed E-state index contributed by atoms with van der Waals surface area (Å²) in [5, 5.41) is 12.7. The summed E-state index contributed by atoms with van der Waals surface area (Å²) in [4.78, 5) is 0. The van der Waals surface area contributed by atoms with E-state index in [1.807, 2.05) is 0 Å². The minimum atomic E-state index is 0.217. The van der Waals surface area contributed by atoms with E-state index in [2.05, 4.69) is 54.7 Å². The Labute approximate surface area is 120 Å². The van der Waals surface area contributed by atoms with Crippen molar-refractivity contribution in [1.82, 2.24) is 5.32 Å². The number of rotatable bonds is 5. The second-order valence-electron chi connectivity index (χ2n) is 5.37. The van der Waals surface area contributed by atoms with E-state index in [0.717, 1.165) is 19.4 Å². The van der Waals surface area contributed by atoms with Crippen molar-refractivity contribution < 1.29 is 5.11 Å². The van der Waals surface area contributed by atoms with Gasteiger partial charge in [0.15, 0.2) is 0 Å². The van der Waals surface area contributed by atoms with Crippen LogP contribution in [0, 0.1) is 0 Å². The second kappa shape index (κ2) is 5.78. The molecule has 1 atom stereocenters. The number of hydrogen-bond donors (Lipinski definition) is 2. The average molecular weight is 267 g/mol. The van der Waals surface area contributed by atoms with Crippen molar-refractivity contribution in [3.8, 4) is 11.1 Å². The van der Waals surface area contributed by atoms with Crippen molar-refractivity contribution in [2.45, 2.75) is 25.8 Å². The van der Waals surface area contributed by atoms with Gasteiger partial charge in [-0.15, -0.1) is 0 Å². The van der Waals surface area contributed by atoms with Gasteiger partial charge in [-0.2, -0.15) is 0 Å². The zero-order valence-corrected chi connectivity index (χ0v) is 11.9. The van der Waals surface area contributed by atoms with Crippen molar-refractivity contribution in [2.24, 2.45) is 0 Å². The van der Waals surface area contributed by atoms with Crippen molar-refractivity contribution in [1.29, 1.82) is 0 Å². The normalized spacial score (nSPS) is 13.9. The van der Waals surface area contributed by atoms with Crippen LogP contribution in [0.25, 0.3) is 11.1 Å². The van der Waals surface area contributed by atoms with E-state index in [-0.39, 0.29) is 12.6 Å². The lowest BCUT2D eigenvalue weighted by molar-refractivity contribution is 0.266. The fourth-order valence-corrected chi connectivity index (χ4v) is 3.14. The summed E-state index contributed by atoms with van der Waals surface area (Å²) in [6.45, 7) is 3.24. The summed E-state index contributed by atoms with van der Waals surface area (Å²) in [6.07, 6.45) is 1.79. The molecule has 0 fully saturated rings. The molecule has 1 unspecified atom stereocenters. The molecule has 2 aromatic carbocycles. The lowest BCUT2D eigenvalue weighted by Crippen LogP contribution is -2.22. The molecular weight excluding hydrogens is 246 g/mol. The number of benzene rings is 2. The third kappa shape index (κ3) is 2.37. The lowest BCUT2D eigenvalue weighted by Gasteiger charge is -2.18. The highest BCUT2D eigenvalue weighted by Gasteiger charge is 2.19. The Morgan fingerprint density at radius 2 is 1.90 bits per heavy atom. The van der Waals surface area contributed by atoms with Gasteiger partial charge in [0.1, 0.15) is 0 Å². The highest BCUT2D eigenvalue weighted by molar-refractivity contribution is 5.76. The van der Waals surface area contributed by atoms with Gasteiger partial charge >= 0.3 is 0 Å². The summed E-state index contributed by atoms with van der Waals surface area (Å²) in [5.41, 5.74) is 6.85. The first-order valence-electron chi connectivity index (χ1n) is 7.38. The topological polar surface area (TPSA) is 32.3 Å². The van der Waals surface area contributed by atoms with Gasteiger partial charge < -0.3 is 10.4 Å². The molecule has 0 saturated carbocycles. The minimum Gasteiger partial charge on any atom is -0.396 e. The molecule has 0 aliphatic heterocycles. The average Bonchev–Trinajstić information content (AvgIpc) is 2.84. The van der Waals surface area contributed by atoms with Gasteiger partial charge in [0, 0.05) is 12.6 Å². The maximum absolute atomic E-state index is 9.22. The van der Waals surface area contributed by atoms with Crippen LogP contribution in [0.15, 0.2) is 42.5 Å². The highest BCUT2D eigenvalue weighted by atomic mass is 16.3. The van der Waals surface area contributed by atoms with Crippen LogP contribution in [0.3, 0.4) is 0 Å². The standard InChI is InChI=1S/C18H21NO/c1-2-19-18(9-10-20)14-7-8-17-15(12-14)11-13-5-3-4-6-16(13)17/h3-8,12,18-20H,2,9-11H2,1H3. The zero-order valence-electron chi connectivity index (χ0n) is 11.9. The zero-order chi connectivity index (χ0) is 13.9. The molecule has 3 rings (SSSR count). The Kier molecular flexibility index (Phi) is 3.86. The van der Waals surface area contributed by atoms with Crippen molar-refractivity contribution in [3.05, 3.63) is 59.2 Å². The third-order valence-electron chi connectivity index (χ3n) is 4.09. The molecule has 20 heavy (non-hydrogen) atoms. The van der Waals surface area contributed by atoms with Crippen LogP contribution in [0.2, 0.25) is 0 Å². The van der Waals surface area contributed by atoms with E-state index in [1.165, 1.54) is 27.8 Å². The molecule has 2 aromatic rings. The molecule has 0 aromatic heterocycles. The van der Waals surface area contributed by atoms with E-state index in [0.29, 0.717) is 0 Å². The summed E-state index contributed by atoms with van der Waals surface area (Å²) in [6, 6.07) is 15.6. The maximum atomic E-state index is 9.22. The number of aliphatic hydroxyl groups excluding tert-OH is 1. The first-order chi connectivity index (χ1) is 9.83. The molecule has 0 spiro atoms. The molecule has 2 nitrogen and oxygen atoms in total. The molecule has 1 aliphatic rings. The van der Waals surface area contributed by atoms with E-state index >= 15 is 0 Å². The Morgan fingerprint density at radius 3 is 2.70 bits per heavy atom. The molecule has 2 N–H and O–H groups in total. The van der Waals surface area contributed by atoms with Gasteiger partial charge in [-0.25, -0.2) is 0 Å². The van der Waals surface area contributed by atoms with Crippen LogP contribution >= 0.6 is 0 Å². The van der Waals surface area contributed by atoms with Crippen LogP contribution in [0.5, 0.6) is 0 Å². The fourth-order valence-electron chi connectivity index (χ4n) is 3.14. The van der Waals surface area contributed by atoms with Gasteiger partial charge in [-0.1, -0.05) is 49.4 Å². The van der Waals surface area contributed by atoms with Gasteiger partial charge in [0.2, 0.25) is 0 Å². The third-order valence-corrected chi connectivity index (χ3v) is 4.09. The SMILES string of the molecule is CCNC(CCO)c1ccc2c(c1)Cc1ccccc1-2. The Bertz CT molecular complexity index is 600. The summed E-state index contributed by atoms with van der Waals surface area (Å²) in [7, 11) is 0. The monoisotopic (exact) mass is 267 g/mol. The molecule has 2 heteroatoms. The molecule has 1 aliphatic carbocycles. The first kappa shape index (κ1) is 13.3. The second-order valence-corrected chi connectivity index (χ2v) is 5.37. The Hall–Kier alpha value is -1.64. The number of fused-ring (bicyclic) bond motifs is 3. The Morgan fingerprint density at radius 1 is 1.10 bits per heavy atom. The number of aliphatic hydroxyl groups is 1. The quantitative estimate of drug-likeness (QED) is 0.743. The predicted molar refractivity (Wildman–Crippen MR) is 82.8 cm³/mol. The maximum Gasteiger partial charge on any atom is 0.0449 e. The molecule has 0 saturated heterocycles. The van der Waals surface area contributed by atoms with E-state index in [4.69, 9.17) is 0 Å². The van der Waals surface area contributed by atoms with Crippen LogP contribution in [0.1, 0.15) is 36.1 Å². The predicted octanol–water partition coefficient (Wildman–Crippen LogP) is 3.29. The van der Waals surface area contributed by atoms with Crippen molar-refractivity contribution in [3.63, 3.8) is 0 Å². The Balaban J connectivity index is 1.93. The van der Waals surface area contributed by atoms with Crippen molar-refractivity contribution >= 4 is 0 Å². The molecule has 104 valence electrons. The van der Waals surface area contributed by atoms with Crippen LogP contribution in [0.4, 0.5) is 0 Å². The smallest absolute Gasteiger partial charge is 0.0449 e. The first-order valence-corrected chi connectivity index (χ1v) is 7.38. The summed E-state index contributed by atoms with van der Waals surface area (Å²) < 4.78 is 0. The van der Waals surface area contributed by atoms with Crippen LogP contribution in [-0.4, -0.2) is 18.3 Å². The van der Waals surface area contributed by atoms with Crippen LogP contribution < -0.4 is 5.32 Å². The van der Waals surface area contributed by atoms with Gasteiger partial charge in [-0.05, 0) is 47.2 Å². The highest BCUT2D eigenvalue weighted by Crippen LogP contribution is 2.37. The molecule has 0 amide bonds. The number of hydrogen-bond acceptors (Lipinski definition) is 2. The molecule has 0 radical (unpaired) electrons. The summed E-state index contributed by atoms with van der Waals surface area (Å²) >= 11 is 0. The van der Waals surface area contributed by atoms with Crippen molar-refractivity contribution in [2.75, 3.05) is 13.2 Å². The molecular formula is C18H21NO. The molecule has 0 bridgehead atoms. The lowest BCUT2D eigenvalue weighted by atomic mass is 9.98. The van der Waals surface area contributed by atoms with E-state index < -0.39 is 0 Å². The van der Waals surface area contributed by atoms with Gasteiger partial charge in [-0.3, -0.25) is 0 Å². The minimum absolute atomic E-state index is 0.217.